The summed E-state index contributed by atoms with van der Waals surface area (Å²) in [5.41, 5.74) is 3.94. The number of benzene rings is 3. The van der Waals surface area contributed by atoms with Crippen molar-refractivity contribution in [3.63, 3.8) is 0 Å². The molecule has 0 spiro atoms. The molecule has 3 nitrogen and oxygen atoms in total. The van der Waals surface area contributed by atoms with Crippen molar-refractivity contribution in [2.75, 3.05) is 19.6 Å². The number of halogens is 1. The van der Waals surface area contributed by atoms with Gasteiger partial charge in [0.05, 0.1) is 0 Å². The molecule has 0 unspecified atom stereocenters. The Morgan fingerprint density at radius 3 is 2.13 bits per heavy atom. The van der Waals surface area contributed by atoms with E-state index >= 15 is 0 Å². The number of hydrogen-bond acceptors (Lipinski definition) is 2. The third-order valence-electron chi connectivity index (χ3n) is 6.12. The largest absolute Gasteiger partial charge is 0.352 e. The van der Waals surface area contributed by atoms with Crippen LogP contribution in [-0.2, 0) is 6.54 Å². The Kier molecular flexibility index (Phi) is 7.11. The molecule has 0 saturated carbocycles. The van der Waals surface area contributed by atoms with E-state index in [1.807, 2.05) is 24.3 Å². The van der Waals surface area contributed by atoms with Gasteiger partial charge < -0.3 is 5.32 Å². The topological polar surface area (TPSA) is 32.3 Å². The average molecular weight is 417 g/mol. The van der Waals surface area contributed by atoms with Crippen molar-refractivity contribution in [3.8, 4) is 11.1 Å². The van der Waals surface area contributed by atoms with E-state index in [1.165, 1.54) is 30.5 Å². The minimum atomic E-state index is -0.249. The molecule has 0 bridgehead atoms. The van der Waals surface area contributed by atoms with Gasteiger partial charge in [-0.05, 0) is 79.2 Å². The quantitative estimate of drug-likeness (QED) is 0.550. The number of rotatable bonds is 7. The molecule has 0 radical (unpaired) electrons. The Hall–Kier alpha value is -2.98. The summed E-state index contributed by atoms with van der Waals surface area (Å²) in [5, 5.41) is 3.06. The molecule has 3 aromatic rings. The molecule has 1 amide bonds. The van der Waals surface area contributed by atoms with E-state index in [0.29, 0.717) is 18.0 Å². The third-order valence-corrected chi connectivity index (χ3v) is 6.12. The Morgan fingerprint density at radius 1 is 0.871 bits per heavy atom. The Labute approximate surface area is 183 Å². The van der Waals surface area contributed by atoms with Gasteiger partial charge in [-0.25, -0.2) is 4.39 Å². The molecule has 4 rings (SSSR count). The van der Waals surface area contributed by atoms with Crippen LogP contribution in [0.2, 0.25) is 0 Å². The molecule has 4 heteroatoms. The van der Waals surface area contributed by atoms with Gasteiger partial charge in [0.25, 0.3) is 5.91 Å². The van der Waals surface area contributed by atoms with Crippen LogP contribution in [0.25, 0.3) is 11.1 Å². The van der Waals surface area contributed by atoms with Crippen molar-refractivity contribution < 1.29 is 9.18 Å². The Bertz CT molecular complexity index is 962. The summed E-state index contributed by atoms with van der Waals surface area (Å²) in [7, 11) is 0. The smallest absolute Gasteiger partial charge is 0.251 e. The second kappa shape index (κ2) is 10.4. The van der Waals surface area contributed by atoms with Crippen molar-refractivity contribution in [1.29, 1.82) is 0 Å². The maximum absolute atomic E-state index is 13.1. The van der Waals surface area contributed by atoms with Crippen molar-refractivity contribution in [3.05, 3.63) is 95.8 Å². The highest BCUT2D eigenvalue weighted by atomic mass is 19.1. The predicted octanol–water partition coefficient (Wildman–Crippen LogP) is 5.52. The molecule has 0 aliphatic carbocycles. The fourth-order valence-electron chi connectivity index (χ4n) is 4.22. The Balaban J connectivity index is 1.19. The van der Waals surface area contributed by atoms with E-state index in [4.69, 9.17) is 0 Å². The normalized spacial score (nSPS) is 15.0. The zero-order chi connectivity index (χ0) is 21.5. The minimum absolute atomic E-state index is 0.0350. The zero-order valence-corrected chi connectivity index (χ0v) is 17.8. The lowest BCUT2D eigenvalue weighted by atomic mass is 9.93. The predicted molar refractivity (Wildman–Crippen MR) is 123 cm³/mol. The van der Waals surface area contributed by atoms with Crippen LogP contribution >= 0.6 is 0 Å². The molecule has 1 aliphatic heterocycles. The van der Waals surface area contributed by atoms with Crippen LogP contribution < -0.4 is 5.32 Å². The summed E-state index contributed by atoms with van der Waals surface area (Å²) in [4.78, 5) is 15.0. The highest BCUT2D eigenvalue weighted by molar-refractivity contribution is 5.94. The highest BCUT2D eigenvalue weighted by Gasteiger charge is 2.19. The Morgan fingerprint density at radius 2 is 1.48 bits per heavy atom. The van der Waals surface area contributed by atoms with Crippen LogP contribution in [0.5, 0.6) is 0 Å². The number of carbonyl (C=O) groups is 1. The number of piperidine rings is 1. The van der Waals surface area contributed by atoms with E-state index in [1.54, 1.807) is 12.1 Å². The minimum Gasteiger partial charge on any atom is -0.352 e. The lowest BCUT2D eigenvalue weighted by Crippen LogP contribution is -2.34. The van der Waals surface area contributed by atoms with Crippen LogP contribution in [0.4, 0.5) is 4.39 Å². The van der Waals surface area contributed by atoms with Crippen LogP contribution in [0.3, 0.4) is 0 Å². The van der Waals surface area contributed by atoms with E-state index in [2.05, 4.69) is 40.5 Å². The lowest BCUT2D eigenvalue weighted by Gasteiger charge is -2.32. The maximum Gasteiger partial charge on any atom is 0.251 e. The number of amides is 1. The van der Waals surface area contributed by atoms with Crippen LogP contribution in [0.1, 0.15) is 35.2 Å². The number of nitrogens with zero attached hydrogens (tertiary/aromatic N) is 1. The molecule has 1 heterocycles. The fourth-order valence-corrected chi connectivity index (χ4v) is 4.22. The molecule has 1 aliphatic rings. The first-order valence-corrected chi connectivity index (χ1v) is 11.1. The summed E-state index contributed by atoms with van der Waals surface area (Å²) in [6.07, 6.45) is 3.41. The number of likely N-dealkylation sites (tertiary alicyclic amines) is 1. The van der Waals surface area contributed by atoms with Crippen LogP contribution in [0.15, 0.2) is 78.9 Å². The van der Waals surface area contributed by atoms with E-state index in [-0.39, 0.29) is 11.7 Å². The van der Waals surface area contributed by atoms with E-state index in [0.717, 1.165) is 37.2 Å². The standard InChI is InChI=1S/C27H29FN2O/c28-26-12-10-24(11-13-26)23-6-8-25(9-7-23)27(31)29-17-14-21-15-18-30(19-16-21)20-22-4-2-1-3-5-22/h1-13,21H,14-20H2,(H,29,31). The van der Waals surface area contributed by atoms with Crippen LogP contribution in [0, 0.1) is 11.7 Å². The van der Waals surface area contributed by atoms with Crippen molar-refractivity contribution in [2.45, 2.75) is 25.8 Å². The van der Waals surface area contributed by atoms with Gasteiger partial charge in [0, 0.05) is 18.7 Å². The van der Waals surface area contributed by atoms with Gasteiger partial charge in [-0.15, -0.1) is 0 Å². The van der Waals surface area contributed by atoms with Gasteiger partial charge in [0.1, 0.15) is 5.82 Å². The van der Waals surface area contributed by atoms with E-state index in [9.17, 15) is 9.18 Å². The first-order chi connectivity index (χ1) is 15.2. The molecule has 1 N–H and O–H groups in total. The molecular weight excluding hydrogens is 387 g/mol. The second-order valence-corrected chi connectivity index (χ2v) is 8.33. The average Bonchev–Trinajstić information content (AvgIpc) is 2.81. The van der Waals surface area contributed by atoms with Gasteiger partial charge >= 0.3 is 0 Å². The van der Waals surface area contributed by atoms with E-state index < -0.39 is 0 Å². The first-order valence-electron chi connectivity index (χ1n) is 11.1. The molecule has 0 atom stereocenters. The zero-order valence-electron chi connectivity index (χ0n) is 17.8. The fraction of sp³-hybridized carbons (Fsp3) is 0.296. The number of nitrogens with one attached hydrogen (secondary N) is 1. The molecule has 3 aromatic carbocycles. The maximum atomic E-state index is 13.1. The molecular formula is C27H29FN2O. The molecule has 160 valence electrons. The summed E-state index contributed by atoms with van der Waals surface area (Å²) in [6.45, 7) is 3.98. The van der Waals surface area contributed by atoms with Crippen LogP contribution in [-0.4, -0.2) is 30.4 Å². The van der Waals surface area contributed by atoms with Crippen molar-refractivity contribution in [2.24, 2.45) is 5.92 Å². The summed E-state index contributed by atoms with van der Waals surface area (Å²) < 4.78 is 13.1. The first kappa shape index (κ1) is 21.3. The third kappa shape index (κ3) is 6.02. The van der Waals surface area contributed by atoms with Gasteiger partial charge in [-0.3, -0.25) is 9.69 Å². The summed E-state index contributed by atoms with van der Waals surface area (Å²) in [6, 6.07) is 24.5. The summed E-state index contributed by atoms with van der Waals surface area (Å²) in [5.74, 6) is 0.391. The monoisotopic (exact) mass is 416 g/mol. The van der Waals surface area contributed by atoms with Gasteiger partial charge in [0.15, 0.2) is 0 Å². The summed E-state index contributed by atoms with van der Waals surface area (Å²) >= 11 is 0. The van der Waals surface area contributed by atoms with Gasteiger partial charge in [-0.1, -0.05) is 54.6 Å². The second-order valence-electron chi connectivity index (χ2n) is 8.33. The van der Waals surface area contributed by atoms with Crippen molar-refractivity contribution in [1.82, 2.24) is 10.2 Å². The number of hydrogen-bond donors (Lipinski definition) is 1. The lowest BCUT2D eigenvalue weighted by molar-refractivity contribution is 0.0947. The van der Waals surface area contributed by atoms with Gasteiger partial charge in [0.2, 0.25) is 0 Å². The number of carbonyl (C=O) groups excluding carboxylic acids is 1. The SMILES string of the molecule is O=C(NCCC1CCN(Cc2ccccc2)CC1)c1ccc(-c2ccc(F)cc2)cc1. The molecule has 1 fully saturated rings. The van der Waals surface area contributed by atoms with Crippen molar-refractivity contribution >= 4 is 5.91 Å². The molecule has 1 saturated heterocycles. The molecule has 31 heavy (non-hydrogen) atoms. The van der Waals surface area contributed by atoms with Gasteiger partial charge in [-0.2, -0.15) is 0 Å². The highest BCUT2D eigenvalue weighted by Crippen LogP contribution is 2.22. The molecule has 0 aromatic heterocycles.